The van der Waals surface area contributed by atoms with Gasteiger partial charge < -0.3 is 20.1 Å². The number of hydrogen-bond acceptors (Lipinski definition) is 5. The van der Waals surface area contributed by atoms with Gasteiger partial charge in [0.25, 0.3) is 11.8 Å². The van der Waals surface area contributed by atoms with Gasteiger partial charge in [0.05, 0.1) is 16.4 Å². The van der Waals surface area contributed by atoms with E-state index in [4.69, 9.17) is 32.7 Å². The lowest BCUT2D eigenvalue weighted by molar-refractivity contribution is -0.119. The number of anilines is 2. The average Bonchev–Trinajstić information content (AvgIpc) is 2.80. The lowest BCUT2D eigenvalue weighted by atomic mass is 10.2. The van der Waals surface area contributed by atoms with E-state index in [0.29, 0.717) is 5.02 Å². The fourth-order valence-corrected chi connectivity index (χ4v) is 2.98. The quantitative estimate of drug-likeness (QED) is 0.436. The van der Waals surface area contributed by atoms with E-state index in [1.807, 2.05) is 0 Å². The summed E-state index contributed by atoms with van der Waals surface area (Å²) in [6.07, 6.45) is 0. The lowest BCUT2D eigenvalue weighted by Gasteiger charge is -2.12. The second-order valence-corrected chi connectivity index (χ2v) is 7.40. The standard InChI is InChI=1S/C23H17Cl2FN2O5/c24-14-9-10-16(25)19(11-14)28-22(30)13-33-23(31)15-5-1-4-8-20(15)32-12-21(29)27-18-7-3-2-6-17(18)26/h1-11H,12-13H2,(H,27,29)(H,28,30). The smallest absolute Gasteiger partial charge is 0.342 e. The molecule has 0 aliphatic carbocycles. The van der Waals surface area contributed by atoms with Gasteiger partial charge in [0.2, 0.25) is 0 Å². The number of amides is 2. The minimum absolute atomic E-state index is 0.00427. The Kier molecular flexibility index (Phi) is 8.23. The van der Waals surface area contributed by atoms with Gasteiger partial charge in [-0.25, -0.2) is 9.18 Å². The Morgan fingerprint density at radius 3 is 2.27 bits per heavy atom. The first-order valence-corrected chi connectivity index (χ1v) is 10.3. The van der Waals surface area contributed by atoms with Gasteiger partial charge in [-0.15, -0.1) is 0 Å². The fraction of sp³-hybridized carbons (Fsp3) is 0.0870. The van der Waals surface area contributed by atoms with E-state index in [-0.39, 0.29) is 27.7 Å². The summed E-state index contributed by atoms with van der Waals surface area (Å²) in [7, 11) is 0. The maximum absolute atomic E-state index is 13.6. The third-order valence-corrected chi connectivity index (χ3v) is 4.72. The van der Waals surface area contributed by atoms with Crippen LogP contribution < -0.4 is 15.4 Å². The van der Waals surface area contributed by atoms with Crippen LogP contribution in [0.4, 0.5) is 15.8 Å². The molecule has 3 rings (SSSR count). The first kappa shape index (κ1) is 24.0. The molecule has 10 heteroatoms. The first-order chi connectivity index (χ1) is 15.8. The second-order valence-electron chi connectivity index (χ2n) is 6.56. The Balaban J connectivity index is 1.56. The maximum Gasteiger partial charge on any atom is 0.342 e. The highest BCUT2D eigenvalue weighted by Crippen LogP contribution is 2.25. The summed E-state index contributed by atoms with van der Waals surface area (Å²) >= 11 is 11.9. The second kappa shape index (κ2) is 11.3. The van der Waals surface area contributed by atoms with Crippen molar-refractivity contribution in [1.29, 1.82) is 0 Å². The van der Waals surface area contributed by atoms with Crippen LogP contribution >= 0.6 is 23.2 Å². The van der Waals surface area contributed by atoms with Crippen LogP contribution in [0, 0.1) is 5.82 Å². The summed E-state index contributed by atoms with van der Waals surface area (Å²) in [5.41, 5.74) is 0.282. The van der Waals surface area contributed by atoms with Crippen molar-refractivity contribution in [2.45, 2.75) is 0 Å². The van der Waals surface area contributed by atoms with Crippen LogP contribution in [0.25, 0.3) is 0 Å². The average molecular weight is 491 g/mol. The molecule has 7 nitrogen and oxygen atoms in total. The molecule has 0 atom stereocenters. The van der Waals surface area contributed by atoms with E-state index in [9.17, 15) is 18.8 Å². The predicted molar refractivity (Wildman–Crippen MR) is 122 cm³/mol. The van der Waals surface area contributed by atoms with E-state index in [0.717, 1.165) is 0 Å². The molecule has 0 saturated carbocycles. The Bertz CT molecular complexity index is 1190. The van der Waals surface area contributed by atoms with E-state index >= 15 is 0 Å². The number of esters is 1. The summed E-state index contributed by atoms with van der Waals surface area (Å²) in [5, 5.41) is 5.51. The molecule has 3 aromatic carbocycles. The molecular formula is C23H17Cl2FN2O5. The maximum atomic E-state index is 13.6. The van der Waals surface area contributed by atoms with E-state index in [1.54, 1.807) is 24.3 Å². The van der Waals surface area contributed by atoms with Crippen LogP contribution in [-0.4, -0.2) is 31.0 Å². The van der Waals surface area contributed by atoms with Gasteiger partial charge in [-0.2, -0.15) is 0 Å². The van der Waals surface area contributed by atoms with Crippen molar-refractivity contribution in [2.24, 2.45) is 0 Å². The molecule has 0 spiro atoms. The Morgan fingerprint density at radius 2 is 1.48 bits per heavy atom. The first-order valence-electron chi connectivity index (χ1n) is 9.51. The van der Waals surface area contributed by atoms with Gasteiger partial charge in [0, 0.05) is 5.02 Å². The molecule has 0 aliphatic rings. The van der Waals surface area contributed by atoms with E-state index in [1.165, 1.54) is 42.5 Å². The van der Waals surface area contributed by atoms with Crippen LogP contribution in [0.15, 0.2) is 66.7 Å². The van der Waals surface area contributed by atoms with Crippen LogP contribution in [0.5, 0.6) is 5.75 Å². The lowest BCUT2D eigenvalue weighted by Crippen LogP contribution is -2.23. The minimum Gasteiger partial charge on any atom is -0.483 e. The molecule has 0 aliphatic heterocycles. The summed E-state index contributed by atoms with van der Waals surface area (Å²) in [4.78, 5) is 36.6. The zero-order chi connectivity index (χ0) is 23.8. The van der Waals surface area contributed by atoms with Crippen molar-refractivity contribution in [1.82, 2.24) is 0 Å². The van der Waals surface area contributed by atoms with Crippen molar-refractivity contribution in [3.63, 3.8) is 0 Å². The van der Waals surface area contributed by atoms with Crippen molar-refractivity contribution in [3.05, 3.63) is 88.2 Å². The highest BCUT2D eigenvalue weighted by molar-refractivity contribution is 6.35. The highest BCUT2D eigenvalue weighted by atomic mass is 35.5. The van der Waals surface area contributed by atoms with Crippen LogP contribution in [0.3, 0.4) is 0 Å². The molecule has 2 amide bonds. The number of carbonyl (C=O) groups excluding carboxylic acids is 3. The number of nitrogens with one attached hydrogen (secondary N) is 2. The molecule has 0 bridgehead atoms. The van der Waals surface area contributed by atoms with Gasteiger partial charge in [-0.1, -0.05) is 47.5 Å². The molecule has 0 unspecified atom stereocenters. The molecule has 0 saturated heterocycles. The van der Waals surface area contributed by atoms with Crippen molar-refractivity contribution in [3.8, 4) is 5.75 Å². The molecular weight excluding hydrogens is 474 g/mol. The Labute approximate surface area is 198 Å². The van der Waals surface area contributed by atoms with Crippen molar-refractivity contribution < 1.29 is 28.2 Å². The molecule has 0 aromatic heterocycles. The molecule has 3 aromatic rings. The minimum atomic E-state index is -0.840. The number of para-hydroxylation sites is 2. The number of rotatable bonds is 8. The summed E-state index contributed by atoms with van der Waals surface area (Å²) in [5.74, 6) is -2.62. The summed E-state index contributed by atoms with van der Waals surface area (Å²) < 4.78 is 24.1. The van der Waals surface area contributed by atoms with Gasteiger partial charge in [0.15, 0.2) is 13.2 Å². The largest absolute Gasteiger partial charge is 0.483 e. The number of ether oxygens (including phenoxy) is 2. The van der Waals surface area contributed by atoms with Gasteiger partial charge in [-0.05, 0) is 42.5 Å². The van der Waals surface area contributed by atoms with Crippen molar-refractivity contribution in [2.75, 3.05) is 23.8 Å². The molecule has 170 valence electrons. The van der Waals surface area contributed by atoms with Crippen LogP contribution in [-0.2, 0) is 14.3 Å². The Hall–Kier alpha value is -3.62. The monoisotopic (exact) mass is 490 g/mol. The summed E-state index contributed by atoms with van der Waals surface area (Å²) in [6.45, 7) is -1.07. The number of benzene rings is 3. The number of halogens is 3. The van der Waals surface area contributed by atoms with E-state index in [2.05, 4.69) is 10.6 Å². The molecule has 0 heterocycles. The van der Waals surface area contributed by atoms with Gasteiger partial charge >= 0.3 is 5.97 Å². The molecule has 0 fully saturated rings. The fourth-order valence-electron chi connectivity index (χ4n) is 2.64. The molecule has 0 radical (unpaired) electrons. The predicted octanol–water partition coefficient (Wildman–Crippen LogP) is 4.95. The van der Waals surface area contributed by atoms with Gasteiger partial charge in [-0.3, -0.25) is 9.59 Å². The topological polar surface area (TPSA) is 93.7 Å². The zero-order valence-electron chi connectivity index (χ0n) is 16.9. The molecule has 2 N–H and O–H groups in total. The van der Waals surface area contributed by atoms with Gasteiger partial charge in [0.1, 0.15) is 17.1 Å². The zero-order valence-corrected chi connectivity index (χ0v) is 18.5. The number of hydrogen-bond donors (Lipinski definition) is 2. The third kappa shape index (κ3) is 6.93. The SMILES string of the molecule is O=C(COc1ccccc1C(=O)OCC(=O)Nc1cc(Cl)ccc1Cl)Nc1ccccc1F. The highest BCUT2D eigenvalue weighted by Gasteiger charge is 2.17. The third-order valence-electron chi connectivity index (χ3n) is 4.15. The summed E-state index contributed by atoms with van der Waals surface area (Å²) in [6, 6.07) is 16.2. The normalized spacial score (nSPS) is 10.3. The van der Waals surface area contributed by atoms with Crippen LogP contribution in [0.1, 0.15) is 10.4 Å². The van der Waals surface area contributed by atoms with E-state index < -0.39 is 36.8 Å². The van der Waals surface area contributed by atoms with Crippen LogP contribution in [0.2, 0.25) is 10.0 Å². The van der Waals surface area contributed by atoms with Crippen molar-refractivity contribution >= 4 is 52.4 Å². The molecule has 33 heavy (non-hydrogen) atoms. The Morgan fingerprint density at radius 1 is 0.818 bits per heavy atom. The number of carbonyl (C=O) groups is 3.